The summed E-state index contributed by atoms with van der Waals surface area (Å²) in [6.45, 7) is 0. The van der Waals surface area contributed by atoms with Crippen molar-refractivity contribution in [2.75, 3.05) is 5.73 Å². The number of carboxylic acid groups (broad SMARTS) is 1. The Kier molecular flexibility index (Phi) is 4.17. The molecule has 0 bridgehead atoms. The van der Waals surface area contributed by atoms with Gasteiger partial charge in [0.15, 0.2) is 0 Å². The lowest BCUT2D eigenvalue weighted by Gasteiger charge is -2.10. The molecule has 4 nitrogen and oxygen atoms in total. The minimum absolute atomic E-state index is 0.0298. The van der Waals surface area contributed by atoms with Crippen molar-refractivity contribution in [2.45, 2.75) is 18.2 Å². The molecule has 16 heavy (non-hydrogen) atoms. The van der Waals surface area contributed by atoms with Crippen LogP contribution in [0.15, 0.2) is 6.07 Å². The van der Waals surface area contributed by atoms with E-state index >= 15 is 0 Å². The molecule has 1 rings (SSSR count). The molecule has 3 N–H and O–H groups in total. The van der Waals surface area contributed by atoms with Gasteiger partial charge in [-0.15, -0.1) is 0 Å². The number of hydrogen-bond donors (Lipinski definition) is 2. The summed E-state index contributed by atoms with van der Waals surface area (Å²) in [5, 5.41) is 8.82. The third-order valence-corrected chi connectivity index (χ3v) is 2.47. The molecule has 0 saturated carbocycles. The molecule has 1 heterocycles. The van der Waals surface area contributed by atoms with Crippen LogP contribution in [-0.2, 0) is 16.5 Å². The number of aromatic nitrogens is 1. The van der Waals surface area contributed by atoms with Crippen LogP contribution in [0.25, 0.3) is 0 Å². The Labute approximate surface area is 98.6 Å². The van der Waals surface area contributed by atoms with Crippen molar-refractivity contribution in [1.29, 1.82) is 0 Å². The summed E-state index contributed by atoms with van der Waals surface area (Å²) in [6, 6.07) is 1.01. The zero-order chi connectivity index (χ0) is 12.3. The number of pyridine rings is 1. The van der Waals surface area contributed by atoms with Gasteiger partial charge in [-0.05, 0) is 6.07 Å². The standard InChI is InChI=1S/C9H9BrF2N2O2/c10-3-7-4(1-8(15)16)5(13)2-6(14-7)9(11)12/h2,9H,1,3H2,(H2,13,14)(H,15,16). The van der Waals surface area contributed by atoms with E-state index in [1.807, 2.05) is 0 Å². The van der Waals surface area contributed by atoms with Gasteiger partial charge in [-0.2, -0.15) is 0 Å². The van der Waals surface area contributed by atoms with E-state index in [4.69, 9.17) is 10.8 Å². The average molecular weight is 295 g/mol. The first-order valence-electron chi connectivity index (χ1n) is 4.29. The number of halogens is 3. The number of alkyl halides is 3. The van der Waals surface area contributed by atoms with E-state index in [2.05, 4.69) is 20.9 Å². The molecular formula is C9H9BrF2N2O2. The summed E-state index contributed by atoms with van der Waals surface area (Å²) in [5.41, 5.74) is 5.62. The van der Waals surface area contributed by atoms with Crippen LogP contribution in [0.4, 0.5) is 14.5 Å². The number of hydrogen-bond acceptors (Lipinski definition) is 3. The number of nitrogens with two attached hydrogens (primary N) is 1. The minimum Gasteiger partial charge on any atom is -0.481 e. The quantitative estimate of drug-likeness (QED) is 0.834. The van der Waals surface area contributed by atoms with Gasteiger partial charge in [-0.3, -0.25) is 9.78 Å². The van der Waals surface area contributed by atoms with E-state index in [0.29, 0.717) is 0 Å². The number of rotatable bonds is 4. The summed E-state index contributed by atoms with van der Waals surface area (Å²) in [4.78, 5) is 14.2. The monoisotopic (exact) mass is 294 g/mol. The van der Waals surface area contributed by atoms with Crippen LogP contribution < -0.4 is 5.73 Å². The van der Waals surface area contributed by atoms with Crippen LogP contribution in [0.1, 0.15) is 23.4 Å². The molecule has 0 amide bonds. The first-order valence-corrected chi connectivity index (χ1v) is 5.42. The SMILES string of the molecule is Nc1cc(C(F)F)nc(CBr)c1CC(=O)O. The van der Waals surface area contributed by atoms with E-state index in [1.165, 1.54) is 0 Å². The lowest BCUT2D eigenvalue weighted by atomic mass is 10.1. The lowest BCUT2D eigenvalue weighted by molar-refractivity contribution is -0.136. The Morgan fingerprint density at radius 3 is 2.69 bits per heavy atom. The van der Waals surface area contributed by atoms with Crippen LogP contribution in [0.3, 0.4) is 0 Å². The third kappa shape index (κ3) is 2.88. The molecule has 0 atom stereocenters. The van der Waals surface area contributed by atoms with Gasteiger partial charge in [0.2, 0.25) is 0 Å². The van der Waals surface area contributed by atoms with Crippen LogP contribution in [-0.4, -0.2) is 16.1 Å². The van der Waals surface area contributed by atoms with Crippen LogP contribution in [0.5, 0.6) is 0 Å². The fourth-order valence-corrected chi connectivity index (χ4v) is 1.71. The zero-order valence-electron chi connectivity index (χ0n) is 8.08. The van der Waals surface area contributed by atoms with Gasteiger partial charge in [0.25, 0.3) is 6.43 Å². The van der Waals surface area contributed by atoms with Crippen molar-refractivity contribution in [1.82, 2.24) is 4.98 Å². The van der Waals surface area contributed by atoms with Crippen LogP contribution >= 0.6 is 15.9 Å². The molecule has 88 valence electrons. The Balaban J connectivity index is 3.22. The Bertz CT molecular complexity index is 413. The highest BCUT2D eigenvalue weighted by atomic mass is 79.9. The molecule has 1 aromatic heterocycles. The summed E-state index contributed by atoms with van der Waals surface area (Å²) >= 11 is 3.06. The zero-order valence-corrected chi connectivity index (χ0v) is 9.67. The topological polar surface area (TPSA) is 76.2 Å². The second kappa shape index (κ2) is 5.20. The predicted octanol–water partition coefficient (Wildman–Crippen LogP) is 2.12. The summed E-state index contributed by atoms with van der Waals surface area (Å²) in [7, 11) is 0. The maximum absolute atomic E-state index is 12.4. The molecule has 0 spiro atoms. The number of aliphatic carboxylic acids is 1. The molecule has 1 aromatic rings. The van der Waals surface area contributed by atoms with Gasteiger partial charge in [-0.1, -0.05) is 15.9 Å². The van der Waals surface area contributed by atoms with Gasteiger partial charge in [0, 0.05) is 16.6 Å². The van der Waals surface area contributed by atoms with Gasteiger partial charge >= 0.3 is 5.97 Å². The summed E-state index contributed by atoms with van der Waals surface area (Å²) in [6.07, 6.45) is -3.05. The average Bonchev–Trinajstić information content (AvgIpc) is 2.19. The minimum atomic E-state index is -2.72. The number of carboxylic acids is 1. The second-order valence-electron chi connectivity index (χ2n) is 3.07. The fraction of sp³-hybridized carbons (Fsp3) is 0.333. The number of nitrogen functional groups attached to an aromatic ring is 1. The smallest absolute Gasteiger partial charge is 0.307 e. The summed E-state index contributed by atoms with van der Waals surface area (Å²) in [5.74, 6) is -1.08. The van der Waals surface area contributed by atoms with E-state index in [-0.39, 0.29) is 28.7 Å². The van der Waals surface area contributed by atoms with Crippen molar-refractivity contribution in [3.63, 3.8) is 0 Å². The Morgan fingerprint density at radius 2 is 2.25 bits per heavy atom. The highest BCUT2D eigenvalue weighted by molar-refractivity contribution is 9.08. The fourth-order valence-electron chi connectivity index (χ4n) is 1.25. The normalized spacial score (nSPS) is 10.8. The highest BCUT2D eigenvalue weighted by Crippen LogP contribution is 2.25. The Morgan fingerprint density at radius 1 is 1.62 bits per heavy atom. The number of nitrogens with zero attached hydrogens (tertiary/aromatic N) is 1. The first-order chi connectivity index (χ1) is 7.45. The van der Waals surface area contributed by atoms with Crippen molar-refractivity contribution in [3.05, 3.63) is 23.0 Å². The van der Waals surface area contributed by atoms with E-state index in [1.54, 1.807) is 0 Å². The molecule has 0 fully saturated rings. The van der Waals surface area contributed by atoms with E-state index in [0.717, 1.165) is 6.07 Å². The van der Waals surface area contributed by atoms with Gasteiger partial charge in [-0.25, -0.2) is 8.78 Å². The van der Waals surface area contributed by atoms with Crippen molar-refractivity contribution < 1.29 is 18.7 Å². The molecular weight excluding hydrogens is 286 g/mol. The maximum atomic E-state index is 12.4. The van der Waals surface area contributed by atoms with Gasteiger partial charge in [0.05, 0.1) is 12.1 Å². The summed E-state index contributed by atoms with van der Waals surface area (Å²) < 4.78 is 24.8. The maximum Gasteiger partial charge on any atom is 0.307 e. The molecule has 0 aliphatic carbocycles. The van der Waals surface area contributed by atoms with Crippen molar-refractivity contribution >= 4 is 27.6 Å². The third-order valence-electron chi connectivity index (χ3n) is 1.94. The number of anilines is 1. The van der Waals surface area contributed by atoms with Crippen LogP contribution in [0.2, 0.25) is 0 Å². The molecule has 7 heteroatoms. The highest BCUT2D eigenvalue weighted by Gasteiger charge is 2.17. The molecule has 0 aliphatic rings. The van der Waals surface area contributed by atoms with E-state index < -0.39 is 18.1 Å². The molecule has 0 aliphatic heterocycles. The van der Waals surface area contributed by atoms with Gasteiger partial charge < -0.3 is 10.8 Å². The number of carbonyl (C=O) groups is 1. The van der Waals surface area contributed by atoms with Gasteiger partial charge in [0.1, 0.15) is 5.69 Å². The molecule has 0 unspecified atom stereocenters. The van der Waals surface area contributed by atoms with Crippen molar-refractivity contribution in [2.24, 2.45) is 0 Å². The van der Waals surface area contributed by atoms with Crippen molar-refractivity contribution in [3.8, 4) is 0 Å². The van der Waals surface area contributed by atoms with Crippen LogP contribution in [0, 0.1) is 0 Å². The molecule has 0 saturated heterocycles. The second-order valence-corrected chi connectivity index (χ2v) is 3.63. The largest absolute Gasteiger partial charge is 0.481 e. The van der Waals surface area contributed by atoms with E-state index in [9.17, 15) is 13.6 Å². The Hall–Kier alpha value is -1.24. The lowest BCUT2D eigenvalue weighted by Crippen LogP contribution is -2.10. The molecule has 0 radical (unpaired) electrons. The molecule has 0 aromatic carbocycles. The predicted molar refractivity (Wildman–Crippen MR) is 57.6 cm³/mol. The first kappa shape index (κ1) is 12.8.